The molecule has 0 bridgehead atoms. The van der Waals surface area contributed by atoms with Crippen LogP contribution in [0, 0.1) is 10.1 Å². The van der Waals surface area contributed by atoms with Crippen LogP contribution in [0.5, 0.6) is 11.5 Å². The molecule has 10 nitrogen and oxygen atoms in total. The standard InChI is InChI=1S/C18H16N4O6S/c1-27-14-5-3-4-12(15(14)28-2)17-20-10(9-29-17)7-21-8-11(22(25)26)6-13(16(19)23)18(21)24/h3-6,8-9H,7H2,1-2H3,(H2,19,23). The summed E-state index contributed by atoms with van der Waals surface area (Å²) in [6.45, 7) is -0.0659. The smallest absolute Gasteiger partial charge is 0.286 e. The molecule has 2 heterocycles. The Morgan fingerprint density at radius 2 is 2.10 bits per heavy atom. The number of primary amides is 1. The monoisotopic (exact) mass is 416 g/mol. The predicted molar refractivity (Wildman–Crippen MR) is 106 cm³/mol. The average Bonchev–Trinajstić information content (AvgIpc) is 3.16. The van der Waals surface area contributed by atoms with E-state index in [1.165, 1.54) is 25.6 Å². The zero-order valence-corrected chi connectivity index (χ0v) is 16.3. The number of hydrogen-bond donors (Lipinski definition) is 1. The number of benzene rings is 1. The number of amides is 1. The van der Waals surface area contributed by atoms with E-state index in [1.807, 2.05) is 6.07 Å². The van der Waals surface area contributed by atoms with Gasteiger partial charge < -0.3 is 19.8 Å². The second-order valence-electron chi connectivity index (χ2n) is 5.85. The Labute approximate surface area is 168 Å². The quantitative estimate of drug-likeness (QED) is 0.459. The van der Waals surface area contributed by atoms with Crippen LogP contribution in [0.15, 0.2) is 40.6 Å². The Morgan fingerprint density at radius 1 is 1.34 bits per heavy atom. The van der Waals surface area contributed by atoms with E-state index in [0.29, 0.717) is 27.8 Å². The number of rotatable bonds is 7. The van der Waals surface area contributed by atoms with E-state index in [2.05, 4.69) is 4.98 Å². The van der Waals surface area contributed by atoms with Gasteiger partial charge in [0.25, 0.3) is 17.2 Å². The number of ether oxygens (including phenoxy) is 2. The maximum atomic E-state index is 12.4. The highest BCUT2D eigenvalue weighted by molar-refractivity contribution is 7.13. The zero-order chi connectivity index (χ0) is 21.1. The van der Waals surface area contributed by atoms with E-state index >= 15 is 0 Å². The molecular formula is C18H16N4O6S. The molecule has 1 amide bonds. The van der Waals surface area contributed by atoms with Crippen LogP contribution in [0.3, 0.4) is 0 Å². The van der Waals surface area contributed by atoms with Crippen molar-refractivity contribution >= 4 is 22.9 Å². The van der Waals surface area contributed by atoms with Crippen LogP contribution >= 0.6 is 11.3 Å². The van der Waals surface area contributed by atoms with Crippen molar-refractivity contribution < 1.29 is 19.2 Å². The molecule has 29 heavy (non-hydrogen) atoms. The topological polar surface area (TPSA) is 140 Å². The molecule has 0 aliphatic heterocycles. The van der Waals surface area contributed by atoms with E-state index in [1.54, 1.807) is 17.5 Å². The molecule has 0 radical (unpaired) electrons. The number of nitrogens with two attached hydrogens (primary N) is 1. The molecule has 150 valence electrons. The maximum Gasteiger partial charge on any atom is 0.286 e. The first-order valence-electron chi connectivity index (χ1n) is 8.20. The summed E-state index contributed by atoms with van der Waals surface area (Å²) in [6, 6.07) is 6.23. The van der Waals surface area contributed by atoms with E-state index in [-0.39, 0.29) is 6.54 Å². The van der Waals surface area contributed by atoms with Crippen molar-refractivity contribution in [3.8, 4) is 22.1 Å². The summed E-state index contributed by atoms with van der Waals surface area (Å²) >= 11 is 1.31. The van der Waals surface area contributed by atoms with Crippen LogP contribution in [0.4, 0.5) is 5.69 Å². The first kappa shape index (κ1) is 20.0. The molecule has 0 aliphatic rings. The number of carbonyl (C=O) groups excluding carboxylic acids is 1. The van der Waals surface area contributed by atoms with Crippen molar-refractivity contribution in [3.05, 3.63) is 67.6 Å². The third-order valence-electron chi connectivity index (χ3n) is 4.07. The normalized spacial score (nSPS) is 10.6. The van der Waals surface area contributed by atoms with E-state index in [0.717, 1.165) is 16.8 Å². The number of pyridine rings is 1. The van der Waals surface area contributed by atoms with Gasteiger partial charge >= 0.3 is 0 Å². The SMILES string of the molecule is COc1cccc(-c2nc(Cn3cc([N+](=O)[O-])cc(C(N)=O)c3=O)cs2)c1OC. The molecule has 0 saturated heterocycles. The number of aromatic nitrogens is 2. The third kappa shape index (κ3) is 3.94. The highest BCUT2D eigenvalue weighted by Gasteiger charge is 2.19. The molecule has 0 atom stereocenters. The fourth-order valence-corrected chi connectivity index (χ4v) is 3.58. The molecule has 0 fully saturated rings. The first-order valence-corrected chi connectivity index (χ1v) is 9.08. The minimum atomic E-state index is -1.03. The number of nitro groups is 1. The number of thiazole rings is 1. The van der Waals surface area contributed by atoms with Gasteiger partial charge in [-0.1, -0.05) is 6.07 Å². The lowest BCUT2D eigenvalue weighted by Gasteiger charge is -2.10. The van der Waals surface area contributed by atoms with Crippen molar-refractivity contribution in [1.29, 1.82) is 0 Å². The molecule has 0 unspecified atom stereocenters. The lowest BCUT2D eigenvalue weighted by atomic mass is 10.2. The van der Waals surface area contributed by atoms with Crippen molar-refractivity contribution in [1.82, 2.24) is 9.55 Å². The van der Waals surface area contributed by atoms with Crippen LogP contribution < -0.4 is 20.8 Å². The minimum absolute atomic E-state index is 0.0659. The lowest BCUT2D eigenvalue weighted by molar-refractivity contribution is -0.385. The second-order valence-corrected chi connectivity index (χ2v) is 6.71. The van der Waals surface area contributed by atoms with Gasteiger partial charge in [0.15, 0.2) is 11.5 Å². The summed E-state index contributed by atoms with van der Waals surface area (Å²) in [4.78, 5) is 38.8. The van der Waals surface area contributed by atoms with Gasteiger partial charge in [0.05, 0.1) is 43.1 Å². The molecule has 3 aromatic rings. The van der Waals surface area contributed by atoms with E-state index in [4.69, 9.17) is 15.2 Å². The first-order chi connectivity index (χ1) is 13.8. The summed E-state index contributed by atoms with van der Waals surface area (Å²) in [7, 11) is 3.05. The molecule has 0 aliphatic carbocycles. The predicted octanol–water partition coefficient (Wildman–Crippen LogP) is 2.04. The molecule has 2 N–H and O–H groups in total. The fraction of sp³-hybridized carbons (Fsp3) is 0.167. The highest BCUT2D eigenvalue weighted by atomic mass is 32.1. The van der Waals surface area contributed by atoms with Gasteiger partial charge in [-0.15, -0.1) is 11.3 Å². The molecule has 2 aromatic heterocycles. The Hall–Kier alpha value is -3.73. The van der Waals surface area contributed by atoms with Crippen molar-refractivity contribution in [3.63, 3.8) is 0 Å². The summed E-state index contributed by atoms with van der Waals surface area (Å²) in [5.74, 6) is 0.0229. The largest absolute Gasteiger partial charge is 0.493 e. The molecule has 0 saturated carbocycles. The van der Waals surface area contributed by atoms with Crippen LogP contribution in [-0.4, -0.2) is 34.6 Å². The maximum absolute atomic E-state index is 12.4. The molecule has 3 rings (SSSR count). The average molecular weight is 416 g/mol. The minimum Gasteiger partial charge on any atom is -0.493 e. The Morgan fingerprint density at radius 3 is 2.72 bits per heavy atom. The number of nitrogens with zero attached hydrogens (tertiary/aromatic N) is 3. The molecule has 0 spiro atoms. The zero-order valence-electron chi connectivity index (χ0n) is 15.4. The lowest BCUT2D eigenvalue weighted by Crippen LogP contribution is -2.30. The van der Waals surface area contributed by atoms with Gasteiger partial charge in [-0.2, -0.15) is 0 Å². The number of hydrogen-bond acceptors (Lipinski definition) is 8. The number of methoxy groups -OCH3 is 2. The van der Waals surface area contributed by atoms with Gasteiger partial charge in [0.1, 0.15) is 10.6 Å². The molecular weight excluding hydrogens is 400 g/mol. The summed E-state index contributed by atoms with van der Waals surface area (Å²) in [5, 5.41) is 13.4. The van der Waals surface area contributed by atoms with Crippen LogP contribution in [0.1, 0.15) is 16.1 Å². The van der Waals surface area contributed by atoms with Gasteiger partial charge in [-0.05, 0) is 12.1 Å². The Balaban J connectivity index is 2.01. The summed E-state index contributed by atoms with van der Waals surface area (Å²) in [6.07, 6.45) is 1.06. The highest BCUT2D eigenvalue weighted by Crippen LogP contribution is 2.39. The Bertz CT molecular complexity index is 1150. The summed E-state index contributed by atoms with van der Waals surface area (Å²) in [5.41, 5.74) is 4.76. The summed E-state index contributed by atoms with van der Waals surface area (Å²) < 4.78 is 11.7. The third-order valence-corrected chi connectivity index (χ3v) is 4.99. The van der Waals surface area contributed by atoms with E-state index in [9.17, 15) is 19.7 Å². The van der Waals surface area contributed by atoms with Crippen molar-refractivity contribution in [2.24, 2.45) is 5.73 Å². The van der Waals surface area contributed by atoms with Crippen LogP contribution in [-0.2, 0) is 6.54 Å². The second kappa shape index (κ2) is 8.10. The van der Waals surface area contributed by atoms with Gasteiger partial charge in [0, 0.05) is 11.4 Å². The van der Waals surface area contributed by atoms with Gasteiger partial charge in [-0.25, -0.2) is 4.98 Å². The van der Waals surface area contributed by atoms with Crippen LogP contribution in [0.2, 0.25) is 0 Å². The van der Waals surface area contributed by atoms with Crippen LogP contribution in [0.25, 0.3) is 10.6 Å². The van der Waals surface area contributed by atoms with Gasteiger partial charge in [0.2, 0.25) is 0 Å². The number of carbonyl (C=O) groups is 1. The van der Waals surface area contributed by atoms with E-state index < -0.39 is 27.6 Å². The fourth-order valence-electron chi connectivity index (χ4n) is 2.75. The molecule has 1 aromatic carbocycles. The van der Waals surface area contributed by atoms with Gasteiger partial charge in [-0.3, -0.25) is 19.7 Å². The number of para-hydroxylation sites is 1. The van der Waals surface area contributed by atoms with Crippen molar-refractivity contribution in [2.75, 3.05) is 14.2 Å². The molecule has 11 heteroatoms. The Kier molecular flexibility index (Phi) is 5.59. The van der Waals surface area contributed by atoms with Crippen molar-refractivity contribution in [2.45, 2.75) is 6.54 Å².